The van der Waals surface area contributed by atoms with Gasteiger partial charge in [0.15, 0.2) is 69.8 Å². The molecule has 4 aromatic rings. The number of quaternary nitrogens is 2. The molecule has 4 aromatic carbocycles. The summed E-state index contributed by atoms with van der Waals surface area (Å²) < 4.78 is 216. The van der Waals surface area contributed by atoms with Gasteiger partial charge < -0.3 is 27.5 Å². The molecule has 9 N–H and O–H groups in total. The Morgan fingerprint density at radius 2 is 0.587 bits per heavy atom. The summed E-state index contributed by atoms with van der Waals surface area (Å²) in [4.78, 5) is 0. The lowest BCUT2D eigenvalue weighted by Gasteiger charge is -2.35. The van der Waals surface area contributed by atoms with Crippen LogP contribution in [0.25, 0.3) is 33.4 Å². The fourth-order valence-electron chi connectivity index (χ4n) is 4.45. The monoisotopic (exact) mass is 684 g/mol. The topological polar surface area (TPSA) is 139 Å². The number of benzene rings is 4. The van der Waals surface area contributed by atoms with Crippen molar-refractivity contribution < 1.29 is 81.0 Å². The molecule has 21 heteroatoms. The minimum Gasteiger partial charge on any atom is -0.889 e. The van der Waals surface area contributed by atoms with Crippen LogP contribution in [-0.2, 0) is 0 Å². The summed E-state index contributed by atoms with van der Waals surface area (Å²) in [6.45, 7) is 0.281. The third-order valence-electron chi connectivity index (χ3n) is 6.39. The highest BCUT2D eigenvalue weighted by Gasteiger charge is 2.38. The summed E-state index contributed by atoms with van der Waals surface area (Å²) in [7, 11) is -3.93. The van der Waals surface area contributed by atoms with Crippen LogP contribution in [0, 0.1) is 94.2 Å². The zero-order valence-corrected chi connectivity index (χ0v) is 22.5. The number of phenols is 1. The largest absolute Gasteiger partial charge is 0.889 e. The molecule has 0 radical (unpaired) electrons. The molecular weight excluding hydrogens is 672 g/mol. The van der Waals surface area contributed by atoms with Gasteiger partial charge in [0, 0.05) is 11.1 Å². The Hall–Kier alpha value is -4.47. The predicted molar refractivity (Wildman–Crippen MR) is 126 cm³/mol. The lowest BCUT2D eigenvalue weighted by molar-refractivity contribution is -0.341. The highest BCUT2D eigenvalue weighted by molar-refractivity contribution is 6.59. The Morgan fingerprint density at radius 3 is 0.848 bits per heavy atom. The molecule has 46 heavy (non-hydrogen) atoms. The maximum absolute atomic E-state index is 15.0. The number of phenolic OH excluding ortho intramolecular Hbond substituents is 1. The second-order valence-electron chi connectivity index (χ2n) is 8.68. The lowest BCUT2D eigenvalue weighted by Crippen LogP contribution is -2.57. The molecule has 0 aromatic heterocycles. The summed E-state index contributed by atoms with van der Waals surface area (Å²) in [5, 5.41) is 35.5. The van der Waals surface area contributed by atoms with Gasteiger partial charge in [-0.05, 0) is 18.1 Å². The number of rotatable bonds is 4. The number of hydrogen-bond donors (Lipinski definition) is 3. The van der Waals surface area contributed by atoms with Crippen molar-refractivity contribution in [2.45, 2.75) is 6.92 Å². The van der Waals surface area contributed by atoms with Gasteiger partial charge in [-0.1, -0.05) is 7.12 Å². The van der Waals surface area contributed by atoms with E-state index in [9.17, 15) is 81.0 Å². The molecule has 0 saturated carbocycles. The van der Waals surface area contributed by atoms with Crippen LogP contribution in [0.2, 0.25) is 0 Å². The molecule has 0 aliphatic rings. The third-order valence-corrected chi connectivity index (χ3v) is 6.39. The Morgan fingerprint density at radius 1 is 0.370 bits per heavy atom. The fourth-order valence-corrected chi connectivity index (χ4v) is 4.45. The molecule has 0 unspecified atom stereocenters. The molecule has 4 rings (SSSR count). The quantitative estimate of drug-likeness (QED) is 0.106. The van der Waals surface area contributed by atoms with Gasteiger partial charge >= 0.3 is 0 Å². The first-order chi connectivity index (χ1) is 20.3. The molecule has 248 valence electrons. The van der Waals surface area contributed by atoms with Crippen LogP contribution >= 0.6 is 0 Å². The molecule has 0 saturated heterocycles. The van der Waals surface area contributed by atoms with E-state index in [4.69, 9.17) is 0 Å². The van der Waals surface area contributed by atoms with Crippen molar-refractivity contribution in [1.82, 2.24) is 12.3 Å². The van der Waals surface area contributed by atoms with Crippen LogP contribution in [0.5, 0.6) is 5.75 Å². The smallest absolute Gasteiger partial charge is 0.200 e. The third kappa shape index (κ3) is 5.08. The second-order valence-corrected chi connectivity index (χ2v) is 8.68. The van der Waals surface area contributed by atoms with E-state index in [1.165, 1.54) is 0 Å². The van der Waals surface area contributed by atoms with Gasteiger partial charge in [-0.3, -0.25) is 0 Å². The maximum Gasteiger partial charge on any atom is 0.200 e. The van der Waals surface area contributed by atoms with Gasteiger partial charge in [-0.2, -0.15) is 0 Å². The SMILES string of the molecule is Cc1c(B([O-])[O-])c(-c2c(F)c(F)c(F)c(F)c2F)c(-c2c(F)c(F)c(F)c(F)c2F)c(O)c1-c1c(F)c(F)c(F)c(F)c1F.[NH4+].[NH4+]. The predicted octanol–water partition coefficient (Wildman–Crippen LogP) is 5.96. The zero-order valence-electron chi connectivity index (χ0n) is 22.5. The highest BCUT2D eigenvalue weighted by Crippen LogP contribution is 2.50. The highest BCUT2D eigenvalue weighted by atomic mass is 19.2. The van der Waals surface area contributed by atoms with Crippen LogP contribution in [0.4, 0.5) is 65.9 Å². The van der Waals surface area contributed by atoms with Gasteiger partial charge in [0.25, 0.3) is 0 Å². The van der Waals surface area contributed by atoms with Crippen molar-refractivity contribution in [1.29, 1.82) is 0 Å². The van der Waals surface area contributed by atoms with Gasteiger partial charge in [-0.25, -0.2) is 65.9 Å². The average molecular weight is 684 g/mol. The van der Waals surface area contributed by atoms with Crippen molar-refractivity contribution in [3.63, 3.8) is 0 Å². The van der Waals surface area contributed by atoms with Crippen molar-refractivity contribution in [3.05, 3.63) is 92.8 Å². The summed E-state index contributed by atoms with van der Waals surface area (Å²) in [6.07, 6.45) is 0. The molecule has 0 amide bonds. The van der Waals surface area contributed by atoms with Gasteiger partial charge in [-0.15, -0.1) is 5.46 Å². The number of halogens is 15. The van der Waals surface area contributed by atoms with Crippen LogP contribution in [0.15, 0.2) is 0 Å². The summed E-state index contributed by atoms with van der Waals surface area (Å²) in [5.74, 6) is -46.4. The minimum atomic E-state index is -3.93. The van der Waals surface area contributed by atoms with Crippen LogP contribution in [0.1, 0.15) is 5.56 Å². The Kier molecular flexibility index (Phi) is 10.4. The van der Waals surface area contributed by atoms with E-state index in [0.717, 1.165) is 0 Å². The van der Waals surface area contributed by atoms with Crippen molar-refractivity contribution in [2.24, 2.45) is 0 Å². The normalized spacial score (nSPS) is 11.0. The Balaban J connectivity index is 0.00000368. The van der Waals surface area contributed by atoms with Crippen molar-refractivity contribution >= 4 is 12.6 Å². The zero-order chi connectivity index (χ0) is 33.4. The summed E-state index contributed by atoms with van der Waals surface area (Å²) in [6, 6.07) is 0. The molecule has 0 atom stereocenters. The molecule has 0 fully saturated rings. The first-order valence-corrected chi connectivity index (χ1v) is 11.1. The maximum atomic E-state index is 15.0. The van der Waals surface area contributed by atoms with E-state index in [-0.39, 0.29) is 19.2 Å². The lowest BCUT2D eigenvalue weighted by atomic mass is 9.68. The van der Waals surface area contributed by atoms with E-state index in [1.54, 1.807) is 0 Å². The van der Waals surface area contributed by atoms with E-state index >= 15 is 0 Å². The van der Waals surface area contributed by atoms with Crippen molar-refractivity contribution in [3.8, 4) is 39.1 Å². The van der Waals surface area contributed by atoms with E-state index in [2.05, 4.69) is 0 Å². The van der Waals surface area contributed by atoms with Gasteiger partial charge in [0.1, 0.15) is 5.75 Å². The average Bonchev–Trinajstić information content (AvgIpc) is 2.97. The molecule has 5 nitrogen and oxygen atoms in total. The molecule has 0 bridgehead atoms. The summed E-state index contributed by atoms with van der Waals surface area (Å²) >= 11 is 0. The molecule has 0 aliphatic carbocycles. The second kappa shape index (κ2) is 12.7. The molecular formula is C25H12BF15N2O3. The first kappa shape index (κ1) is 37.7. The van der Waals surface area contributed by atoms with E-state index in [1.807, 2.05) is 0 Å². The van der Waals surface area contributed by atoms with Crippen LogP contribution in [0.3, 0.4) is 0 Å². The Bertz CT molecular complexity index is 1850. The number of aromatic hydroxyl groups is 1. The Labute approximate surface area is 245 Å². The van der Waals surface area contributed by atoms with E-state index < -0.39 is 145 Å². The standard InChI is InChI=1S/C25H4BF15O3.2H3N/c1-2-3(6-10(27)16(33)22(39)17(34)11(6)28)25(42)5(8-14(31)20(37)24(41)21(38)15(8)32)4(9(2)26(43)44)7-12(29)18(35)23(40)19(36)13(7)30;;/h42H,1H3;2*1H3/q-2;;/p+2. The number of hydrogen-bond acceptors (Lipinski definition) is 3. The van der Waals surface area contributed by atoms with E-state index in [0.29, 0.717) is 0 Å². The van der Waals surface area contributed by atoms with Crippen LogP contribution in [-0.4, -0.2) is 12.2 Å². The minimum absolute atomic E-state index is 0. The van der Waals surface area contributed by atoms with Gasteiger partial charge in [0.05, 0.1) is 16.7 Å². The first-order valence-electron chi connectivity index (χ1n) is 11.1. The van der Waals surface area contributed by atoms with Gasteiger partial charge in [0.2, 0.25) is 17.5 Å². The van der Waals surface area contributed by atoms with Crippen molar-refractivity contribution in [2.75, 3.05) is 0 Å². The van der Waals surface area contributed by atoms with Crippen LogP contribution < -0.4 is 27.8 Å². The molecule has 0 aliphatic heterocycles. The fraction of sp³-hybridized carbons (Fsp3) is 0.0400. The molecule has 0 spiro atoms. The summed E-state index contributed by atoms with van der Waals surface area (Å²) in [5.41, 5.74) is -17.6. The molecule has 0 heterocycles.